The van der Waals surface area contributed by atoms with Gasteiger partial charge in [-0.05, 0) is 38.8 Å². The number of benzene rings is 1. The first kappa shape index (κ1) is 24.8. The summed E-state index contributed by atoms with van der Waals surface area (Å²) in [5.74, 6) is 1.19. The molecular formula is C24H36N4O5. The van der Waals surface area contributed by atoms with Crippen LogP contribution in [0, 0.1) is 5.92 Å². The first-order valence-corrected chi connectivity index (χ1v) is 11.6. The van der Waals surface area contributed by atoms with E-state index >= 15 is 0 Å². The van der Waals surface area contributed by atoms with Crippen LogP contribution in [0.4, 0.5) is 0 Å². The summed E-state index contributed by atoms with van der Waals surface area (Å²) < 4.78 is 10.5. The molecule has 2 aliphatic rings. The average Bonchev–Trinajstić information content (AvgIpc) is 2.82. The van der Waals surface area contributed by atoms with Crippen LogP contribution in [-0.2, 0) is 9.59 Å². The fourth-order valence-corrected chi connectivity index (χ4v) is 4.40. The van der Waals surface area contributed by atoms with Crippen molar-refractivity contribution in [2.45, 2.75) is 32.7 Å². The van der Waals surface area contributed by atoms with Crippen molar-refractivity contribution in [2.75, 3.05) is 60.0 Å². The largest absolute Gasteiger partial charge is 0.497 e. The summed E-state index contributed by atoms with van der Waals surface area (Å²) in [6.07, 6.45) is 1.31. The van der Waals surface area contributed by atoms with E-state index in [0.717, 1.165) is 0 Å². The van der Waals surface area contributed by atoms with Crippen molar-refractivity contribution in [3.63, 3.8) is 0 Å². The van der Waals surface area contributed by atoms with Gasteiger partial charge in [0.1, 0.15) is 11.5 Å². The maximum absolute atomic E-state index is 13.0. The number of piperidine rings is 1. The number of rotatable bonds is 7. The van der Waals surface area contributed by atoms with Crippen LogP contribution in [-0.4, -0.2) is 98.5 Å². The highest BCUT2D eigenvalue weighted by molar-refractivity contribution is 5.95. The van der Waals surface area contributed by atoms with E-state index in [0.29, 0.717) is 75.7 Å². The minimum atomic E-state index is -0.0774. The molecule has 1 aromatic carbocycles. The second-order valence-corrected chi connectivity index (χ2v) is 8.99. The Morgan fingerprint density at radius 1 is 0.909 bits per heavy atom. The van der Waals surface area contributed by atoms with Gasteiger partial charge in [0.05, 0.1) is 20.8 Å². The molecule has 2 saturated heterocycles. The molecule has 0 spiro atoms. The molecule has 182 valence electrons. The van der Waals surface area contributed by atoms with Crippen molar-refractivity contribution in [2.24, 2.45) is 5.92 Å². The van der Waals surface area contributed by atoms with Crippen LogP contribution in [0.25, 0.3) is 0 Å². The first-order chi connectivity index (χ1) is 15.8. The van der Waals surface area contributed by atoms with E-state index in [1.165, 1.54) is 0 Å². The van der Waals surface area contributed by atoms with Crippen LogP contribution >= 0.6 is 0 Å². The Morgan fingerprint density at radius 3 is 2.00 bits per heavy atom. The van der Waals surface area contributed by atoms with Crippen LogP contribution in [0.2, 0.25) is 0 Å². The number of likely N-dealkylation sites (tertiary alicyclic amines) is 1. The lowest BCUT2D eigenvalue weighted by molar-refractivity contribution is -0.138. The van der Waals surface area contributed by atoms with Crippen LogP contribution < -0.4 is 14.8 Å². The lowest BCUT2D eigenvalue weighted by Crippen LogP contribution is -2.53. The van der Waals surface area contributed by atoms with Gasteiger partial charge in [-0.3, -0.25) is 19.3 Å². The van der Waals surface area contributed by atoms with Gasteiger partial charge >= 0.3 is 0 Å². The molecule has 2 heterocycles. The summed E-state index contributed by atoms with van der Waals surface area (Å²) in [5.41, 5.74) is 0.522. The molecule has 2 aliphatic heterocycles. The Bertz CT molecular complexity index is 821. The first-order valence-electron chi connectivity index (χ1n) is 11.6. The second kappa shape index (κ2) is 11.4. The Hall–Kier alpha value is -2.81. The SMILES string of the molecule is COc1cc(OC)cc(C(=O)N2CCC(C(=O)N3CCN(CC(=O)NC(C)C)CC3)CC2)c1. The lowest BCUT2D eigenvalue weighted by Gasteiger charge is -2.38. The number of piperazine rings is 1. The van der Waals surface area contributed by atoms with Crippen LogP contribution in [0.3, 0.4) is 0 Å². The lowest BCUT2D eigenvalue weighted by atomic mass is 9.94. The second-order valence-electron chi connectivity index (χ2n) is 8.99. The Morgan fingerprint density at radius 2 is 1.48 bits per heavy atom. The van der Waals surface area contributed by atoms with Crippen LogP contribution in [0.15, 0.2) is 18.2 Å². The number of ether oxygens (including phenoxy) is 2. The van der Waals surface area contributed by atoms with Gasteiger partial charge in [0.15, 0.2) is 0 Å². The molecule has 0 radical (unpaired) electrons. The molecule has 1 N–H and O–H groups in total. The van der Waals surface area contributed by atoms with Crippen LogP contribution in [0.5, 0.6) is 11.5 Å². The molecule has 0 unspecified atom stereocenters. The summed E-state index contributed by atoms with van der Waals surface area (Å²) >= 11 is 0. The highest BCUT2D eigenvalue weighted by Gasteiger charge is 2.32. The summed E-state index contributed by atoms with van der Waals surface area (Å²) in [4.78, 5) is 43.8. The number of methoxy groups -OCH3 is 2. The molecule has 1 aromatic rings. The molecule has 0 aromatic heterocycles. The molecule has 33 heavy (non-hydrogen) atoms. The third-order valence-corrected chi connectivity index (χ3v) is 6.23. The van der Waals surface area contributed by atoms with Gasteiger partial charge in [-0.25, -0.2) is 0 Å². The fraction of sp³-hybridized carbons (Fsp3) is 0.625. The zero-order valence-electron chi connectivity index (χ0n) is 20.1. The van der Waals surface area contributed by atoms with E-state index in [2.05, 4.69) is 10.2 Å². The number of carbonyl (C=O) groups is 3. The van der Waals surface area contributed by atoms with Gasteiger partial charge in [-0.2, -0.15) is 0 Å². The van der Waals surface area contributed by atoms with Crippen molar-refractivity contribution in [3.05, 3.63) is 23.8 Å². The zero-order chi connectivity index (χ0) is 24.0. The Kier molecular flexibility index (Phi) is 8.55. The van der Waals surface area contributed by atoms with Gasteiger partial charge in [0.2, 0.25) is 11.8 Å². The molecule has 0 saturated carbocycles. The molecule has 3 rings (SSSR count). The molecule has 2 fully saturated rings. The van der Waals surface area contributed by atoms with Gasteiger partial charge < -0.3 is 24.6 Å². The third kappa shape index (κ3) is 6.60. The van der Waals surface area contributed by atoms with E-state index in [4.69, 9.17) is 9.47 Å². The number of nitrogens with one attached hydrogen (secondary N) is 1. The number of hydrogen-bond donors (Lipinski definition) is 1. The van der Waals surface area contributed by atoms with Crippen LogP contribution in [0.1, 0.15) is 37.0 Å². The highest BCUT2D eigenvalue weighted by atomic mass is 16.5. The van der Waals surface area contributed by atoms with E-state index in [-0.39, 0.29) is 29.7 Å². The van der Waals surface area contributed by atoms with Crippen molar-refractivity contribution in [1.29, 1.82) is 0 Å². The fourth-order valence-electron chi connectivity index (χ4n) is 4.40. The Balaban J connectivity index is 1.48. The normalized spacial score (nSPS) is 17.7. The summed E-state index contributed by atoms with van der Waals surface area (Å²) in [6.45, 7) is 8.03. The minimum absolute atomic E-state index is 0.0236. The van der Waals surface area contributed by atoms with Gasteiger partial charge in [0, 0.05) is 62.9 Å². The average molecular weight is 461 g/mol. The number of amides is 3. The van der Waals surface area contributed by atoms with E-state index in [1.807, 2.05) is 18.7 Å². The molecule has 0 atom stereocenters. The summed E-state index contributed by atoms with van der Waals surface area (Å²) in [5, 5.41) is 2.91. The quantitative estimate of drug-likeness (QED) is 0.658. The van der Waals surface area contributed by atoms with Gasteiger partial charge in [-0.15, -0.1) is 0 Å². The topological polar surface area (TPSA) is 91.4 Å². The maximum atomic E-state index is 13.0. The molecule has 3 amide bonds. The number of nitrogens with zero attached hydrogens (tertiary/aromatic N) is 3. The monoisotopic (exact) mass is 460 g/mol. The standard InChI is InChI=1S/C24H36N4O5/c1-17(2)25-22(29)16-26-9-11-28(12-10-26)23(30)18-5-7-27(8-6-18)24(31)19-13-20(32-3)15-21(14-19)33-4/h13-15,17-18H,5-12,16H2,1-4H3,(H,25,29). The van der Waals surface area contributed by atoms with Crippen molar-refractivity contribution in [1.82, 2.24) is 20.0 Å². The molecule has 0 aliphatic carbocycles. The summed E-state index contributed by atoms with van der Waals surface area (Å²) in [6, 6.07) is 5.29. The van der Waals surface area contributed by atoms with E-state index in [1.54, 1.807) is 37.3 Å². The predicted molar refractivity (Wildman–Crippen MR) is 124 cm³/mol. The molecule has 9 heteroatoms. The van der Waals surface area contributed by atoms with Crippen molar-refractivity contribution in [3.8, 4) is 11.5 Å². The van der Waals surface area contributed by atoms with Crippen molar-refractivity contribution >= 4 is 17.7 Å². The van der Waals surface area contributed by atoms with Gasteiger partial charge in [-0.1, -0.05) is 0 Å². The Labute approximate surface area is 196 Å². The predicted octanol–water partition coefficient (Wildman–Crippen LogP) is 1.22. The zero-order valence-corrected chi connectivity index (χ0v) is 20.1. The smallest absolute Gasteiger partial charge is 0.254 e. The highest BCUT2D eigenvalue weighted by Crippen LogP contribution is 2.26. The van der Waals surface area contributed by atoms with Gasteiger partial charge in [0.25, 0.3) is 5.91 Å². The minimum Gasteiger partial charge on any atom is -0.497 e. The molecular weight excluding hydrogens is 424 g/mol. The number of hydrogen-bond acceptors (Lipinski definition) is 6. The molecule has 0 bridgehead atoms. The maximum Gasteiger partial charge on any atom is 0.254 e. The summed E-state index contributed by atoms with van der Waals surface area (Å²) in [7, 11) is 3.11. The molecule has 9 nitrogen and oxygen atoms in total. The number of carbonyl (C=O) groups excluding carboxylic acids is 3. The third-order valence-electron chi connectivity index (χ3n) is 6.23. The van der Waals surface area contributed by atoms with E-state index in [9.17, 15) is 14.4 Å². The van der Waals surface area contributed by atoms with Crippen molar-refractivity contribution < 1.29 is 23.9 Å². The van der Waals surface area contributed by atoms with E-state index < -0.39 is 0 Å².